The zero-order valence-electron chi connectivity index (χ0n) is 8.94. The molecule has 0 bridgehead atoms. The van der Waals surface area contributed by atoms with Crippen LogP contribution in [0.5, 0.6) is 0 Å². The molecular formula is C5H13N3O7Zn. The molecule has 0 saturated heterocycles. The first-order valence-corrected chi connectivity index (χ1v) is 3.64. The van der Waals surface area contributed by atoms with Gasteiger partial charge < -0.3 is 41.5 Å². The summed E-state index contributed by atoms with van der Waals surface area (Å²) in [5.41, 5.74) is 5.37. The SMILES string of the molecule is CC(C)C(N)CO.O=[N+]([O-])[O-].O=[N+]([O-])[O-].[Zn+2]. The van der Waals surface area contributed by atoms with Gasteiger partial charge in [-0.05, 0) is 5.92 Å². The minimum atomic E-state index is -1.75. The van der Waals surface area contributed by atoms with Crippen molar-refractivity contribution in [1.82, 2.24) is 0 Å². The number of rotatable bonds is 2. The smallest absolute Gasteiger partial charge is 0.395 e. The first-order valence-electron chi connectivity index (χ1n) is 3.64. The van der Waals surface area contributed by atoms with Crippen LogP contribution >= 0.6 is 0 Å². The first kappa shape index (κ1) is 24.3. The van der Waals surface area contributed by atoms with Crippen molar-refractivity contribution < 1.29 is 34.8 Å². The second-order valence-corrected chi connectivity index (χ2v) is 2.54. The maximum absolute atomic E-state index is 8.38. The number of nitrogens with two attached hydrogens (primary N) is 1. The van der Waals surface area contributed by atoms with Gasteiger partial charge in [0.1, 0.15) is 0 Å². The van der Waals surface area contributed by atoms with Gasteiger partial charge in [-0.25, -0.2) is 0 Å². The van der Waals surface area contributed by atoms with Crippen LogP contribution in [0.4, 0.5) is 0 Å². The molecule has 0 spiro atoms. The second-order valence-electron chi connectivity index (χ2n) is 2.54. The van der Waals surface area contributed by atoms with Crippen LogP contribution in [0.25, 0.3) is 0 Å². The Labute approximate surface area is 104 Å². The van der Waals surface area contributed by atoms with E-state index in [0.29, 0.717) is 5.92 Å². The molecule has 0 rings (SSSR count). The Morgan fingerprint density at radius 3 is 1.31 bits per heavy atom. The van der Waals surface area contributed by atoms with E-state index in [2.05, 4.69) is 0 Å². The zero-order chi connectivity index (χ0) is 13.0. The first-order chi connectivity index (χ1) is 6.64. The number of hydrogen-bond donors (Lipinski definition) is 2. The largest absolute Gasteiger partial charge is 2.00 e. The van der Waals surface area contributed by atoms with E-state index in [1.807, 2.05) is 13.8 Å². The van der Waals surface area contributed by atoms with E-state index >= 15 is 0 Å². The minimum Gasteiger partial charge on any atom is -0.395 e. The number of hydrogen-bond acceptors (Lipinski definition) is 8. The van der Waals surface area contributed by atoms with E-state index < -0.39 is 10.2 Å². The van der Waals surface area contributed by atoms with Gasteiger partial charge >= 0.3 is 19.5 Å². The fraction of sp³-hybridized carbons (Fsp3) is 1.00. The van der Waals surface area contributed by atoms with E-state index in [-0.39, 0.29) is 32.1 Å². The Kier molecular flexibility index (Phi) is 24.8. The zero-order valence-corrected chi connectivity index (χ0v) is 11.9. The average Bonchev–Trinajstić information content (AvgIpc) is 2.00. The molecule has 1 unspecified atom stereocenters. The quantitative estimate of drug-likeness (QED) is 0.387. The monoisotopic (exact) mass is 291 g/mol. The van der Waals surface area contributed by atoms with Gasteiger partial charge in [-0.2, -0.15) is 0 Å². The van der Waals surface area contributed by atoms with Crippen LogP contribution in [-0.2, 0) is 19.5 Å². The van der Waals surface area contributed by atoms with Crippen molar-refractivity contribution in [2.45, 2.75) is 19.9 Å². The van der Waals surface area contributed by atoms with Crippen LogP contribution in [0.3, 0.4) is 0 Å². The maximum atomic E-state index is 8.38. The molecule has 0 fully saturated rings. The molecule has 16 heavy (non-hydrogen) atoms. The molecule has 3 N–H and O–H groups in total. The predicted molar refractivity (Wildman–Crippen MR) is 50.6 cm³/mol. The van der Waals surface area contributed by atoms with Crippen molar-refractivity contribution in [3.8, 4) is 0 Å². The third-order valence-electron chi connectivity index (χ3n) is 1.07. The van der Waals surface area contributed by atoms with Crippen molar-refractivity contribution in [3.63, 3.8) is 0 Å². The Morgan fingerprint density at radius 1 is 1.12 bits per heavy atom. The topological polar surface area (TPSA) is 179 Å². The van der Waals surface area contributed by atoms with Crippen LogP contribution in [0, 0.1) is 36.6 Å². The summed E-state index contributed by atoms with van der Waals surface area (Å²) in [7, 11) is 0. The van der Waals surface area contributed by atoms with Crippen LogP contribution in [0.1, 0.15) is 13.8 Å². The van der Waals surface area contributed by atoms with Gasteiger partial charge in [-0.3, -0.25) is 0 Å². The number of nitrogens with zero attached hydrogens (tertiary/aromatic N) is 2. The molecular weight excluding hydrogens is 279 g/mol. The van der Waals surface area contributed by atoms with Gasteiger partial charge in [0.2, 0.25) is 0 Å². The summed E-state index contributed by atoms with van der Waals surface area (Å²) in [4.78, 5) is 16.5. The number of aliphatic hydroxyl groups excluding tert-OH is 1. The molecule has 0 aromatic heterocycles. The van der Waals surface area contributed by atoms with E-state index in [0.717, 1.165) is 0 Å². The molecule has 0 aliphatic heterocycles. The molecule has 10 nitrogen and oxygen atoms in total. The predicted octanol–water partition coefficient (Wildman–Crippen LogP) is -0.519. The average molecular weight is 293 g/mol. The molecule has 0 aromatic carbocycles. The summed E-state index contributed by atoms with van der Waals surface area (Å²) in [6.07, 6.45) is 0. The Balaban J connectivity index is -0.0000000700. The van der Waals surface area contributed by atoms with Crippen molar-refractivity contribution in [2.24, 2.45) is 11.7 Å². The van der Waals surface area contributed by atoms with Crippen molar-refractivity contribution in [2.75, 3.05) is 6.61 Å². The van der Waals surface area contributed by atoms with Gasteiger partial charge in [0, 0.05) is 6.04 Å². The van der Waals surface area contributed by atoms with E-state index in [1.165, 1.54) is 0 Å². The molecule has 0 aromatic rings. The maximum Gasteiger partial charge on any atom is 2.00 e. The fourth-order valence-electron chi connectivity index (χ4n) is 0.211. The third-order valence-corrected chi connectivity index (χ3v) is 1.07. The van der Waals surface area contributed by atoms with Crippen molar-refractivity contribution in [3.05, 3.63) is 30.6 Å². The molecule has 0 saturated carbocycles. The standard InChI is InChI=1S/C5H13NO.2NO3.Zn/c1-4(2)5(6)3-7;2*2-1(3)4;/h4-5,7H,3,6H2,1-2H3;;;/q;2*-1;+2. The van der Waals surface area contributed by atoms with Gasteiger partial charge in [-0.1, -0.05) is 13.8 Å². The van der Waals surface area contributed by atoms with E-state index in [4.69, 9.17) is 41.5 Å². The van der Waals surface area contributed by atoms with Crippen LogP contribution < -0.4 is 5.73 Å². The Bertz CT molecular complexity index is 159. The van der Waals surface area contributed by atoms with Gasteiger partial charge in [-0.15, -0.1) is 0 Å². The van der Waals surface area contributed by atoms with Crippen LogP contribution in [0.2, 0.25) is 0 Å². The van der Waals surface area contributed by atoms with Crippen LogP contribution in [0.15, 0.2) is 0 Å². The molecule has 0 radical (unpaired) electrons. The summed E-state index contributed by atoms with van der Waals surface area (Å²) >= 11 is 0. The van der Waals surface area contributed by atoms with Gasteiger partial charge in [0.25, 0.3) is 0 Å². The minimum absolute atomic E-state index is 0. The molecule has 11 heteroatoms. The molecule has 0 heterocycles. The molecule has 1 atom stereocenters. The molecule has 0 aliphatic rings. The van der Waals surface area contributed by atoms with E-state index in [1.54, 1.807) is 0 Å². The summed E-state index contributed by atoms with van der Waals surface area (Å²) < 4.78 is 0. The summed E-state index contributed by atoms with van der Waals surface area (Å²) in [5, 5.41) is 37.9. The molecule has 0 amide bonds. The summed E-state index contributed by atoms with van der Waals surface area (Å²) in [6.45, 7) is 4.07. The Morgan fingerprint density at radius 2 is 1.31 bits per heavy atom. The van der Waals surface area contributed by atoms with Crippen molar-refractivity contribution >= 4 is 0 Å². The second kappa shape index (κ2) is 16.4. The third kappa shape index (κ3) is 75.6. The Hall–Kier alpha value is -1.06. The number of aliphatic hydroxyl groups is 1. The van der Waals surface area contributed by atoms with Crippen molar-refractivity contribution in [1.29, 1.82) is 0 Å². The summed E-state index contributed by atoms with van der Waals surface area (Å²) in [5.74, 6) is 0.394. The summed E-state index contributed by atoms with van der Waals surface area (Å²) in [6, 6.07) is -0.0417. The van der Waals surface area contributed by atoms with Gasteiger partial charge in [0.05, 0.1) is 16.8 Å². The van der Waals surface area contributed by atoms with Gasteiger partial charge in [0.15, 0.2) is 0 Å². The molecule has 92 valence electrons. The normalized spacial score (nSPS) is 9.56. The fourth-order valence-corrected chi connectivity index (χ4v) is 0.211. The van der Waals surface area contributed by atoms with E-state index in [9.17, 15) is 0 Å². The van der Waals surface area contributed by atoms with Crippen LogP contribution in [-0.4, -0.2) is 27.9 Å². The molecule has 0 aliphatic carbocycles.